The van der Waals surface area contributed by atoms with Gasteiger partial charge >= 0.3 is 0 Å². The van der Waals surface area contributed by atoms with Gasteiger partial charge in [0.25, 0.3) is 0 Å². The molecule has 3 nitrogen and oxygen atoms in total. The molecule has 2 rings (SSSR count). The highest BCUT2D eigenvalue weighted by atomic mass is 32.1. The lowest BCUT2D eigenvalue weighted by atomic mass is 10.4. The lowest BCUT2D eigenvalue weighted by Crippen LogP contribution is -2.18. The fourth-order valence-electron chi connectivity index (χ4n) is 0.936. The lowest BCUT2D eigenvalue weighted by Gasteiger charge is -1.81. The summed E-state index contributed by atoms with van der Waals surface area (Å²) in [5.41, 5.74) is 0. The molecule has 0 saturated carbocycles. The number of amides is 2. The topological polar surface area (TPSA) is 46.2 Å². The smallest absolute Gasteiger partial charge is 0.227 e. The minimum Gasteiger partial charge on any atom is -0.296 e. The van der Waals surface area contributed by atoms with E-state index in [4.69, 9.17) is 0 Å². The molecule has 1 aliphatic rings. The maximum absolute atomic E-state index is 10.1. The number of imide groups is 1. The number of rotatable bonds is 0. The van der Waals surface area contributed by atoms with Gasteiger partial charge in [0.05, 0.1) is 0 Å². The number of carbonyl (C=O) groups excluding carboxylic acids is 2. The van der Waals surface area contributed by atoms with Gasteiger partial charge in [-0.3, -0.25) is 14.9 Å². The maximum atomic E-state index is 10.1. The van der Waals surface area contributed by atoms with Crippen molar-refractivity contribution in [3.63, 3.8) is 0 Å². The van der Waals surface area contributed by atoms with Crippen LogP contribution in [0.3, 0.4) is 0 Å². The molecular formula is C10H11NO2S. The molecule has 0 bridgehead atoms. The summed E-state index contributed by atoms with van der Waals surface area (Å²) >= 11 is 4.08. The van der Waals surface area contributed by atoms with Gasteiger partial charge in [0, 0.05) is 17.7 Å². The van der Waals surface area contributed by atoms with Gasteiger partial charge < -0.3 is 0 Å². The SMILES string of the molecule is O=C1CCC(=O)N1.Sc1ccccc1. The first-order valence-corrected chi connectivity index (χ1v) is 4.70. The van der Waals surface area contributed by atoms with E-state index in [1.54, 1.807) is 0 Å². The van der Waals surface area contributed by atoms with Crippen LogP contribution in [-0.4, -0.2) is 11.8 Å². The second kappa shape index (κ2) is 5.44. The maximum Gasteiger partial charge on any atom is 0.227 e. The predicted octanol–water partition coefficient (Wildman–Crippen LogP) is 1.40. The van der Waals surface area contributed by atoms with Crippen LogP contribution >= 0.6 is 12.6 Å². The molecule has 1 N–H and O–H groups in total. The van der Waals surface area contributed by atoms with Crippen LogP contribution in [0.4, 0.5) is 0 Å². The summed E-state index contributed by atoms with van der Waals surface area (Å²) in [6, 6.07) is 9.79. The summed E-state index contributed by atoms with van der Waals surface area (Å²) in [5, 5.41) is 2.14. The van der Waals surface area contributed by atoms with Gasteiger partial charge in [-0.05, 0) is 12.1 Å². The molecule has 1 saturated heterocycles. The van der Waals surface area contributed by atoms with Crippen LogP contribution in [0.25, 0.3) is 0 Å². The van der Waals surface area contributed by atoms with E-state index in [9.17, 15) is 9.59 Å². The van der Waals surface area contributed by atoms with Gasteiger partial charge in [-0.2, -0.15) is 0 Å². The molecule has 0 spiro atoms. The second-order valence-corrected chi connectivity index (χ2v) is 3.32. The van der Waals surface area contributed by atoms with Crippen molar-refractivity contribution < 1.29 is 9.59 Å². The monoisotopic (exact) mass is 209 g/mol. The molecule has 4 heteroatoms. The van der Waals surface area contributed by atoms with Gasteiger partial charge in [-0.15, -0.1) is 12.6 Å². The van der Waals surface area contributed by atoms with Crippen LogP contribution in [0, 0.1) is 0 Å². The molecule has 1 aliphatic heterocycles. The van der Waals surface area contributed by atoms with Crippen LogP contribution in [0.5, 0.6) is 0 Å². The van der Waals surface area contributed by atoms with E-state index in [1.807, 2.05) is 30.3 Å². The zero-order valence-corrected chi connectivity index (χ0v) is 8.46. The van der Waals surface area contributed by atoms with Crippen LogP contribution in [-0.2, 0) is 9.59 Å². The quantitative estimate of drug-likeness (QED) is 0.501. The van der Waals surface area contributed by atoms with Crippen LogP contribution in [0.15, 0.2) is 35.2 Å². The molecule has 14 heavy (non-hydrogen) atoms. The Balaban J connectivity index is 0.000000140. The Kier molecular flexibility index (Phi) is 4.19. The Morgan fingerprint density at radius 3 is 1.71 bits per heavy atom. The summed E-state index contributed by atoms with van der Waals surface area (Å²) in [4.78, 5) is 21.3. The minimum absolute atomic E-state index is 0.148. The van der Waals surface area contributed by atoms with E-state index in [2.05, 4.69) is 17.9 Å². The number of hydrogen-bond donors (Lipinski definition) is 2. The highest BCUT2D eigenvalue weighted by Crippen LogP contribution is 2.00. The van der Waals surface area contributed by atoms with Crippen molar-refractivity contribution in [1.82, 2.24) is 5.32 Å². The minimum atomic E-state index is -0.148. The highest BCUT2D eigenvalue weighted by Gasteiger charge is 2.15. The molecule has 1 aromatic carbocycles. The van der Waals surface area contributed by atoms with Gasteiger partial charge in [0.15, 0.2) is 0 Å². The van der Waals surface area contributed by atoms with Gasteiger partial charge in [0.2, 0.25) is 11.8 Å². The Bertz CT molecular complexity index is 310. The first kappa shape index (κ1) is 10.8. The summed E-state index contributed by atoms with van der Waals surface area (Å²) in [5.74, 6) is -0.296. The van der Waals surface area contributed by atoms with Crippen molar-refractivity contribution in [2.45, 2.75) is 17.7 Å². The van der Waals surface area contributed by atoms with Crippen molar-refractivity contribution in [2.24, 2.45) is 0 Å². The Morgan fingerprint density at radius 1 is 1.00 bits per heavy atom. The molecule has 0 unspecified atom stereocenters. The largest absolute Gasteiger partial charge is 0.296 e. The van der Waals surface area contributed by atoms with Gasteiger partial charge in [0.1, 0.15) is 0 Å². The van der Waals surface area contributed by atoms with Crippen molar-refractivity contribution in [1.29, 1.82) is 0 Å². The van der Waals surface area contributed by atoms with Crippen LogP contribution < -0.4 is 5.32 Å². The number of hydrogen-bond acceptors (Lipinski definition) is 3. The normalized spacial score (nSPS) is 14.4. The van der Waals surface area contributed by atoms with Crippen molar-refractivity contribution in [2.75, 3.05) is 0 Å². The van der Waals surface area contributed by atoms with E-state index in [1.165, 1.54) is 0 Å². The zero-order valence-electron chi connectivity index (χ0n) is 7.56. The van der Waals surface area contributed by atoms with Crippen molar-refractivity contribution in [3.05, 3.63) is 30.3 Å². The molecule has 2 amide bonds. The number of benzene rings is 1. The fourth-order valence-corrected chi connectivity index (χ4v) is 1.11. The predicted molar refractivity (Wildman–Crippen MR) is 56.1 cm³/mol. The Morgan fingerprint density at radius 2 is 1.50 bits per heavy atom. The molecule has 1 fully saturated rings. The molecule has 0 aromatic heterocycles. The highest BCUT2D eigenvalue weighted by molar-refractivity contribution is 7.80. The van der Waals surface area contributed by atoms with Crippen molar-refractivity contribution in [3.8, 4) is 0 Å². The zero-order chi connectivity index (χ0) is 10.4. The van der Waals surface area contributed by atoms with Gasteiger partial charge in [-0.25, -0.2) is 0 Å². The molecule has 0 aliphatic carbocycles. The number of carbonyl (C=O) groups is 2. The first-order chi connectivity index (χ1) is 6.68. The summed E-state index contributed by atoms with van der Waals surface area (Å²) in [7, 11) is 0. The van der Waals surface area contributed by atoms with E-state index < -0.39 is 0 Å². The second-order valence-electron chi connectivity index (χ2n) is 2.81. The third kappa shape index (κ3) is 4.09. The number of nitrogens with one attached hydrogen (secondary N) is 1. The van der Waals surface area contributed by atoms with E-state index in [0.717, 1.165) is 4.90 Å². The van der Waals surface area contributed by atoms with Crippen LogP contribution in [0.2, 0.25) is 0 Å². The molecule has 0 radical (unpaired) electrons. The molecule has 1 aromatic rings. The third-order valence-corrected chi connectivity index (χ3v) is 1.91. The summed E-state index contributed by atoms with van der Waals surface area (Å²) in [6.45, 7) is 0. The Labute approximate surface area is 87.9 Å². The number of thiol groups is 1. The molecular weight excluding hydrogens is 198 g/mol. The first-order valence-electron chi connectivity index (χ1n) is 4.25. The van der Waals surface area contributed by atoms with Crippen molar-refractivity contribution >= 4 is 24.4 Å². The molecule has 0 atom stereocenters. The summed E-state index contributed by atoms with van der Waals surface area (Å²) < 4.78 is 0. The standard InChI is InChI=1S/C6H6S.C4H5NO2/c7-6-4-2-1-3-5-6;6-3-1-2-4(7)5-3/h1-5,7H;1-2H2,(H,5,6,7). The molecule has 1 heterocycles. The third-order valence-electron chi connectivity index (χ3n) is 1.61. The van der Waals surface area contributed by atoms with Gasteiger partial charge in [-0.1, -0.05) is 18.2 Å². The average molecular weight is 209 g/mol. The fraction of sp³-hybridized carbons (Fsp3) is 0.200. The summed E-state index contributed by atoms with van der Waals surface area (Å²) in [6.07, 6.45) is 0.748. The van der Waals surface area contributed by atoms with E-state index in [0.29, 0.717) is 12.8 Å². The van der Waals surface area contributed by atoms with Crippen LogP contribution in [0.1, 0.15) is 12.8 Å². The van der Waals surface area contributed by atoms with E-state index in [-0.39, 0.29) is 11.8 Å². The molecule has 74 valence electrons. The van der Waals surface area contributed by atoms with E-state index >= 15 is 0 Å². The average Bonchev–Trinajstić information content (AvgIpc) is 2.52. The lowest BCUT2D eigenvalue weighted by molar-refractivity contribution is -0.124. The Hall–Kier alpha value is -1.29.